The molecule has 0 spiro atoms. The Labute approximate surface area is 153 Å². The lowest BCUT2D eigenvalue weighted by Gasteiger charge is -2.20. The Kier molecular flexibility index (Phi) is 5.45. The minimum atomic E-state index is -0.655. The maximum absolute atomic E-state index is 12.1. The quantitative estimate of drug-likeness (QED) is 0.805. The molecule has 0 bridgehead atoms. The lowest BCUT2D eigenvalue weighted by atomic mass is 10.2. The fraction of sp³-hybridized carbons (Fsp3) is 0.294. The largest absolute Gasteiger partial charge is 0.486 e. The van der Waals surface area contributed by atoms with E-state index in [-0.39, 0.29) is 29.1 Å². The fourth-order valence-electron chi connectivity index (χ4n) is 2.34. The molecule has 2 aromatic rings. The van der Waals surface area contributed by atoms with Crippen molar-refractivity contribution in [1.82, 2.24) is 5.32 Å². The Morgan fingerprint density at radius 1 is 1.36 bits per heavy atom. The van der Waals surface area contributed by atoms with Gasteiger partial charge in [0.05, 0.1) is 16.6 Å². The molecule has 25 heavy (non-hydrogen) atoms. The smallest absolute Gasteiger partial charge is 0.338 e. The van der Waals surface area contributed by atoms with Crippen molar-refractivity contribution in [2.45, 2.75) is 13.0 Å². The second kappa shape index (κ2) is 7.76. The molecule has 2 heterocycles. The van der Waals surface area contributed by atoms with Crippen molar-refractivity contribution in [2.24, 2.45) is 0 Å². The zero-order chi connectivity index (χ0) is 17.8. The third-order valence-corrected chi connectivity index (χ3v) is 4.85. The van der Waals surface area contributed by atoms with E-state index in [9.17, 15) is 9.59 Å². The number of hydrogen-bond donors (Lipinski definition) is 1. The van der Waals surface area contributed by atoms with E-state index in [4.69, 9.17) is 25.8 Å². The number of nitrogens with one attached hydrogen (secondary N) is 1. The van der Waals surface area contributed by atoms with Gasteiger partial charge in [-0.15, -0.1) is 11.3 Å². The van der Waals surface area contributed by atoms with E-state index >= 15 is 0 Å². The molecule has 3 rings (SSSR count). The van der Waals surface area contributed by atoms with Crippen LogP contribution in [-0.4, -0.2) is 31.7 Å². The summed E-state index contributed by atoms with van der Waals surface area (Å²) in [5, 5.41) is 4.97. The number of ether oxygens (including phenoxy) is 3. The fourth-order valence-corrected chi connectivity index (χ4v) is 3.33. The molecule has 8 heteroatoms. The highest BCUT2D eigenvalue weighted by atomic mass is 35.5. The normalized spacial score (nSPS) is 13.8. The third-order valence-electron chi connectivity index (χ3n) is 3.51. The topological polar surface area (TPSA) is 73.9 Å². The van der Waals surface area contributed by atoms with Gasteiger partial charge in [-0.2, -0.15) is 0 Å². The summed E-state index contributed by atoms with van der Waals surface area (Å²) in [5.41, 5.74) is 0.202. The van der Waals surface area contributed by atoms with Crippen LogP contribution in [0, 0.1) is 0 Å². The molecular formula is C17H16ClNO5S. The average Bonchev–Trinajstić information content (AvgIpc) is 3.14. The maximum Gasteiger partial charge on any atom is 0.338 e. The number of thiophene rings is 1. The Bertz CT molecular complexity index is 778. The molecular weight excluding hydrogens is 366 g/mol. The number of benzene rings is 1. The van der Waals surface area contributed by atoms with Crippen molar-refractivity contribution in [3.8, 4) is 11.5 Å². The van der Waals surface area contributed by atoms with Crippen molar-refractivity contribution in [3.05, 3.63) is 45.1 Å². The minimum Gasteiger partial charge on any atom is -0.486 e. The zero-order valence-corrected chi connectivity index (χ0v) is 15.0. The first-order valence-electron chi connectivity index (χ1n) is 7.63. The van der Waals surface area contributed by atoms with Crippen molar-refractivity contribution < 1.29 is 23.8 Å². The van der Waals surface area contributed by atoms with E-state index in [1.165, 1.54) is 12.1 Å². The Morgan fingerprint density at radius 2 is 2.16 bits per heavy atom. The van der Waals surface area contributed by atoms with Gasteiger partial charge in [0, 0.05) is 4.88 Å². The SMILES string of the molecule is C[C@@H](NC(=O)COC(=O)c1cc(Cl)c2c(c1)OCCO2)c1cccs1. The molecule has 1 amide bonds. The van der Waals surface area contributed by atoms with E-state index in [1.807, 2.05) is 24.4 Å². The molecule has 132 valence electrons. The Balaban J connectivity index is 1.57. The summed E-state index contributed by atoms with van der Waals surface area (Å²) in [4.78, 5) is 25.1. The van der Waals surface area contributed by atoms with Gasteiger partial charge in [-0.05, 0) is 30.5 Å². The van der Waals surface area contributed by atoms with Crippen molar-refractivity contribution in [3.63, 3.8) is 0 Å². The molecule has 1 N–H and O–H groups in total. The van der Waals surface area contributed by atoms with Gasteiger partial charge in [0.2, 0.25) is 0 Å². The van der Waals surface area contributed by atoms with E-state index in [0.29, 0.717) is 24.7 Å². The van der Waals surface area contributed by atoms with E-state index < -0.39 is 5.97 Å². The van der Waals surface area contributed by atoms with Crippen LogP contribution < -0.4 is 14.8 Å². The van der Waals surface area contributed by atoms with Crippen LogP contribution in [0.5, 0.6) is 11.5 Å². The van der Waals surface area contributed by atoms with Crippen LogP contribution in [0.4, 0.5) is 0 Å². The molecule has 1 aliphatic rings. The summed E-state index contributed by atoms with van der Waals surface area (Å²) in [6.07, 6.45) is 0. The van der Waals surface area contributed by atoms with Crippen molar-refractivity contribution in [2.75, 3.05) is 19.8 Å². The molecule has 0 saturated carbocycles. The molecule has 0 unspecified atom stereocenters. The van der Waals surface area contributed by atoms with Crippen LogP contribution in [0.25, 0.3) is 0 Å². The number of fused-ring (bicyclic) bond motifs is 1. The average molecular weight is 382 g/mol. The molecule has 1 aromatic carbocycles. The number of halogens is 1. The summed E-state index contributed by atoms with van der Waals surface area (Å²) in [5.74, 6) is -0.232. The van der Waals surface area contributed by atoms with E-state index in [2.05, 4.69) is 5.32 Å². The van der Waals surface area contributed by atoms with Gasteiger partial charge >= 0.3 is 5.97 Å². The molecule has 0 fully saturated rings. The molecule has 0 saturated heterocycles. The number of rotatable bonds is 5. The van der Waals surface area contributed by atoms with Gasteiger partial charge in [-0.25, -0.2) is 4.79 Å². The molecule has 6 nitrogen and oxygen atoms in total. The number of carbonyl (C=O) groups excluding carboxylic acids is 2. The Hall–Kier alpha value is -2.25. The molecule has 0 aliphatic carbocycles. The first kappa shape index (κ1) is 17.6. The summed E-state index contributed by atoms with van der Waals surface area (Å²) < 4.78 is 15.9. The summed E-state index contributed by atoms with van der Waals surface area (Å²) >= 11 is 7.64. The van der Waals surface area contributed by atoms with Crippen molar-refractivity contribution >= 4 is 34.8 Å². The lowest BCUT2D eigenvalue weighted by molar-refractivity contribution is -0.124. The van der Waals surface area contributed by atoms with Gasteiger partial charge in [0.15, 0.2) is 18.1 Å². The second-order valence-electron chi connectivity index (χ2n) is 5.36. The predicted octanol–water partition coefficient (Wildman–Crippen LogP) is 3.21. The molecule has 1 atom stereocenters. The molecule has 1 aromatic heterocycles. The molecule has 0 radical (unpaired) electrons. The van der Waals surface area contributed by atoms with Gasteiger partial charge in [-0.1, -0.05) is 17.7 Å². The highest BCUT2D eigenvalue weighted by molar-refractivity contribution is 7.10. The predicted molar refractivity (Wildman–Crippen MR) is 93.6 cm³/mol. The highest BCUT2D eigenvalue weighted by Crippen LogP contribution is 2.38. The molecule has 1 aliphatic heterocycles. The Morgan fingerprint density at radius 3 is 2.92 bits per heavy atom. The minimum absolute atomic E-state index is 0.144. The van der Waals surface area contributed by atoms with Gasteiger partial charge < -0.3 is 19.5 Å². The van der Waals surface area contributed by atoms with Crippen LogP contribution in [-0.2, 0) is 9.53 Å². The zero-order valence-electron chi connectivity index (χ0n) is 13.4. The van der Waals surface area contributed by atoms with Gasteiger partial charge in [-0.3, -0.25) is 4.79 Å². The number of amides is 1. The van der Waals surface area contributed by atoms with Crippen LogP contribution in [0.15, 0.2) is 29.6 Å². The van der Waals surface area contributed by atoms with Crippen LogP contribution in [0.1, 0.15) is 28.2 Å². The summed E-state index contributed by atoms with van der Waals surface area (Å²) in [6.45, 7) is 2.27. The number of carbonyl (C=O) groups is 2. The first-order valence-corrected chi connectivity index (χ1v) is 8.89. The van der Waals surface area contributed by atoms with Crippen LogP contribution in [0.2, 0.25) is 5.02 Å². The number of esters is 1. The van der Waals surface area contributed by atoms with Crippen molar-refractivity contribution in [1.29, 1.82) is 0 Å². The van der Waals surface area contributed by atoms with Gasteiger partial charge in [0.1, 0.15) is 13.2 Å². The highest BCUT2D eigenvalue weighted by Gasteiger charge is 2.20. The van der Waals surface area contributed by atoms with Crippen LogP contribution >= 0.6 is 22.9 Å². The first-order chi connectivity index (χ1) is 12.0. The van der Waals surface area contributed by atoms with Gasteiger partial charge in [0.25, 0.3) is 5.91 Å². The monoisotopic (exact) mass is 381 g/mol. The van der Waals surface area contributed by atoms with E-state index in [0.717, 1.165) is 4.88 Å². The lowest BCUT2D eigenvalue weighted by Crippen LogP contribution is -2.30. The third kappa shape index (κ3) is 4.24. The summed E-state index contributed by atoms with van der Waals surface area (Å²) in [6, 6.07) is 6.63. The second-order valence-corrected chi connectivity index (χ2v) is 6.75. The standard InChI is InChI=1S/C17H16ClNO5S/c1-10(14-3-2-6-25-14)19-15(20)9-24-17(21)11-7-12(18)16-13(8-11)22-4-5-23-16/h2-3,6-8,10H,4-5,9H2,1H3,(H,19,20)/t10-/m1/s1. The van der Waals surface area contributed by atoms with E-state index in [1.54, 1.807) is 11.3 Å². The maximum atomic E-state index is 12.1. The van der Waals surface area contributed by atoms with Crippen LogP contribution in [0.3, 0.4) is 0 Å². The summed E-state index contributed by atoms with van der Waals surface area (Å²) in [7, 11) is 0. The number of hydrogen-bond acceptors (Lipinski definition) is 6.